The first-order valence-electron chi connectivity index (χ1n) is 6.47. The lowest BCUT2D eigenvalue weighted by Gasteiger charge is -2.30. The lowest BCUT2D eigenvalue weighted by Crippen LogP contribution is -2.42. The van der Waals surface area contributed by atoms with Crippen molar-refractivity contribution in [3.05, 3.63) is 0 Å². The van der Waals surface area contributed by atoms with E-state index in [-0.39, 0.29) is 5.60 Å². The fraction of sp³-hybridized carbons (Fsp3) is 0.923. The minimum Gasteiger partial charge on any atom is -0.367 e. The predicted molar refractivity (Wildman–Crippen MR) is 59.8 cm³/mol. The van der Waals surface area contributed by atoms with Crippen LogP contribution in [-0.2, 0) is 9.53 Å². The summed E-state index contributed by atoms with van der Waals surface area (Å²) in [7, 11) is 0. The van der Waals surface area contributed by atoms with E-state index in [9.17, 15) is 4.79 Å². The van der Waals surface area contributed by atoms with E-state index >= 15 is 0 Å². The van der Waals surface area contributed by atoms with Crippen molar-refractivity contribution in [3.8, 4) is 0 Å². The third-order valence-corrected chi connectivity index (χ3v) is 4.01. The molecule has 86 valence electrons. The Morgan fingerprint density at radius 2 is 1.80 bits per heavy atom. The van der Waals surface area contributed by atoms with E-state index in [4.69, 9.17) is 4.74 Å². The smallest absolute Gasteiger partial charge is 0.167 e. The molecule has 2 aliphatic carbocycles. The summed E-state index contributed by atoms with van der Waals surface area (Å²) >= 11 is 0. The summed E-state index contributed by atoms with van der Waals surface area (Å²) in [5.41, 5.74) is -0.371. The number of carbonyl (C=O) groups is 1. The molecule has 0 aliphatic heterocycles. The van der Waals surface area contributed by atoms with Crippen LogP contribution in [0.3, 0.4) is 0 Å². The van der Waals surface area contributed by atoms with Crippen molar-refractivity contribution >= 4 is 5.78 Å². The van der Waals surface area contributed by atoms with Crippen LogP contribution in [0.15, 0.2) is 0 Å². The first-order chi connectivity index (χ1) is 7.28. The Morgan fingerprint density at radius 3 is 2.33 bits per heavy atom. The largest absolute Gasteiger partial charge is 0.367 e. The molecular weight excluding hydrogens is 188 g/mol. The van der Waals surface area contributed by atoms with Crippen LogP contribution in [0.5, 0.6) is 0 Å². The first-order valence-corrected chi connectivity index (χ1v) is 6.47. The molecule has 0 N–H and O–H groups in total. The number of hydrogen-bond donors (Lipinski definition) is 0. The molecule has 2 fully saturated rings. The van der Waals surface area contributed by atoms with Gasteiger partial charge in [-0.05, 0) is 45.4 Å². The molecule has 0 aromatic rings. The molecule has 2 aliphatic rings. The Morgan fingerprint density at radius 1 is 1.20 bits per heavy atom. The molecule has 0 atom stereocenters. The number of hydrogen-bond acceptors (Lipinski definition) is 2. The standard InChI is InChI=1S/C13H22O2/c1-2-15-13(9-5-6-10-13)12(14)11-7-3-4-8-11/h11H,2-10H2,1H3. The molecule has 0 bridgehead atoms. The van der Waals surface area contributed by atoms with Crippen LogP contribution >= 0.6 is 0 Å². The van der Waals surface area contributed by atoms with Crippen LogP contribution in [0.25, 0.3) is 0 Å². The van der Waals surface area contributed by atoms with E-state index in [1.807, 2.05) is 6.92 Å². The van der Waals surface area contributed by atoms with Crippen LogP contribution in [0.2, 0.25) is 0 Å². The molecule has 0 spiro atoms. The Labute approximate surface area is 92.4 Å². The van der Waals surface area contributed by atoms with Gasteiger partial charge in [-0.2, -0.15) is 0 Å². The van der Waals surface area contributed by atoms with Crippen molar-refractivity contribution in [1.82, 2.24) is 0 Å². The first kappa shape index (κ1) is 11.1. The zero-order chi connectivity index (χ0) is 10.7. The van der Waals surface area contributed by atoms with Crippen LogP contribution < -0.4 is 0 Å². The van der Waals surface area contributed by atoms with E-state index in [0.29, 0.717) is 18.3 Å². The van der Waals surface area contributed by atoms with E-state index in [1.165, 1.54) is 25.7 Å². The molecule has 0 unspecified atom stereocenters. The van der Waals surface area contributed by atoms with E-state index < -0.39 is 0 Å². The van der Waals surface area contributed by atoms with Crippen molar-refractivity contribution in [3.63, 3.8) is 0 Å². The zero-order valence-electron chi connectivity index (χ0n) is 9.76. The van der Waals surface area contributed by atoms with Gasteiger partial charge < -0.3 is 4.74 Å². The van der Waals surface area contributed by atoms with Crippen LogP contribution in [0, 0.1) is 5.92 Å². The number of rotatable bonds is 4. The third-order valence-electron chi connectivity index (χ3n) is 4.01. The van der Waals surface area contributed by atoms with Crippen molar-refractivity contribution < 1.29 is 9.53 Å². The maximum Gasteiger partial charge on any atom is 0.167 e. The van der Waals surface area contributed by atoms with Gasteiger partial charge in [0.05, 0.1) is 0 Å². The minimum atomic E-state index is -0.371. The van der Waals surface area contributed by atoms with Gasteiger partial charge in [-0.3, -0.25) is 4.79 Å². The monoisotopic (exact) mass is 210 g/mol. The molecule has 2 heteroatoms. The van der Waals surface area contributed by atoms with Crippen molar-refractivity contribution in [2.75, 3.05) is 6.61 Å². The van der Waals surface area contributed by atoms with Crippen molar-refractivity contribution in [1.29, 1.82) is 0 Å². The van der Waals surface area contributed by atoms with Gasteiger partial charge in [0.15, 0.2) is 5.78 Å². The van der Waals surface area contributed by atoms with E-state index in [2.05, 4.69) is 0 Å². The number of carbonyl (C=O) groups excluding carboxylic acids is 1. The Hall–Kier alpha value is -0.370. The van der Waals surface area contributed by atoms with Gasteiger partial charge in [0.25, 0.3) is 0 Å². The third kappa shape index (κ3) is 2.10. The maximum atomic E-state index is 12.4. The summed E-state index contributed by atoms with van der Waals surface area (Å²) in [6.45, 7) is 2.68. The fourth-order valence-electron chi connectivity index (χ4n) is 3.24. The van der Waals surface area contributed by atoms with Crippen LogP contribution in [0.4, 0.5) is 0 Å². The molecule has 0 saturated heterocycles. The Kier molecular flexibility index (Phi) is 3.45. The highest BCUT2D eigenvalue weighted by Crippen LogP contribution is 2.39. The van der Waals surface area contributed by atoms with Crippen LogP contribution in [0.1, 0.15) is 58.3 Å². The zero-order valence-corrected chi connectivity index (χ0v) is 9.76. The second kappa shape index (κ2) is 4.65. The van der Waals surface area contributed by atoms with Gasteiger partial charge >= 0.3 is 0 Å². The molecule has 15 heavy (non-hydrogen) atoms. The molecule has 0 aromatic carbocycles. The van der Waals surface area contributed by atoms with E-state index in [0.717, 1.165) is 25.7 Å². The lowest BCUT2D eigenvalue weighted by molar-refractivity contribution is -0.147. The maximum absolute atomic E-state index is 12.4. The summed E-state index contributed by atoms with van der Waals surface area (Å²) in [6.07, 6.45) is 8.95. The van der Waals surface area contributed by atoms with E-state index in [1.54, 1.807) is 0 Å². The normalized spacial score (nSPS) is 25.9. The van der Waals surface area contributed by atoms with Gasteiger partial charge in [-0.25, -0.2) is 0 Å². The molecule has 0 heterocycles. The summed E-state index contributed by atoms with van der Waals surface area (Å²) in [4.78, 5) is 12.4. The van der Waals surface area contributed by atoms with Gasteiger partial charge in [0.1, 0.15) is 5.60 Å². The van der Waals surface area contributed by atoms with Gasteiger partial charge in [0.2, 0.25) is 0 Å². The average Bonchev–Trinajstić information content (AvgIpc) is 2.88. The highest BCUT2D eigenvalue weighted by molar-refractivity contribution is 5.90. The van der Waals surface area contributed by atoms with Gasteiger partial charge in [-0.15, -0.1) is 0 Å². The quantitative estimate of drug-likeness (QED) is 0.712. The second-order valence-electron chi connectivity index (χ2n) is 4.98. The Balaban J connectivity index is 2.06. The molecule has 2 nitrogen and oxygen atoms in total. The highest BCUT2D eigenvalue weighted by Gasteiger charge is 2.45. The highest BCUT2D eigenvalue weighted by atomic mass is 16.5. The second-order valence-corrected chi connectivity index (χ2v) is 4.98. The Bertz CT molecular complexity index is 223. The minimum absolute atomic E-state index is 0.314. The lowest BCUT2D eigenvalue weighted by atomic mass is 9.86. The number of Topliss-reactive ketones (excluding diaryl/α,β-unsaturated/α-hetero) is 1. The average molecular weight is 210 g/mol. The van der Waals surface area contributed by atoms with Crippen LogP contribution in [-0.4, -0.2) is 18.0 Å². The van der Waals surface area contributed by atoms with Gasteiger partial charge in [0, 0.05) is 12.5 Å². The molecule has 2 saturated carbocycles. The van der Waals surface area contributed by atoms with Gasteiger partial charge in [-0.1, -0.05) is 12.8 Å². The summed E-state index contributed by atoms with van der Waals surface area (Å²) in [6, 6.07) is 0. The number of ketones is 1. The summed E-state index contributed by atoms with van der Waals surface area (Å²) < 4.78 is 5.82. The fourth-order valence-corrected chi connectivity index (χ4v) is 3.24. The molecule has 0 aromatic heterocycles. The topological polar surface area (TPSA) is 26.3 Å². The SMILES string of the molecule is CCOC1(C(=O)C2CCCC2)CCCC1. The molecular formula is C13H22O2. The van der Waals surface area contributed by atoms with Crippen molar-refractivity contribution in [2.24, 2.45) is 5.92 Å². The summed E-state index contributed by atoms with van der Waals surface area (Å²) in [5, 5.41) is 0. The summed E-state index contributed by atoms with van der Waals surface area (Å²) in [5.74, 6) is 0.744. The predicted octanol–water partition coefficient (Wildman–Crippen LogP) is 3.10. The molecule has 2 rings (SSSR count). The number of ether oxygens (including phenoxy) is 1. The van der Waals surface area contributed by atoms with Crippen molar-refractivity contribution in [2.45, 2.75) is 63.9 Å². The molecule has 0 amide bonds. The molecule has 0 radical (unpaired) electrons.